The second-order valence-corrected chi connectivity index (χ2v) is 10.3. The van der Waals surface area contributed by atoms with Crippen LogP contribution in [0.3, 0.4) is 0 Å². The number of methoxy groups -OCH3 is 1. The van der Waals surface area contributed by atoms with Gasteiger partial charge in [-0.3, -0.25) is 9.78 Å². The van der Waals surface area contributed by atoms with Crippen LogP contribution >= 0.6 is 0 Å². The summed E-state index contributed by atoms with van der Waals surface area (Å²) in [7, 11) is 1.56. The van der Waals surface area contributed by atoms with Gasteiger partial charge in [0.2, 0.25) is 0 Å². The summed E-state index contributed by atoms with van der Waals surface area (Å²) >= 11 is 0. The molecule has 2 aromatic carbocycles. The zero-order valence-corrected chi connectivity index (χ0v) is 22.0. The largest absolute Gasteiger partial charge is 0.497 e. The van der Waals surface area contributed by atoms with Crippen LogP contribution in [0.25, 0.3) is 10.9 Å². The molecule has 0 unspecified atom stereocenters. The fourth-order valence-electron chi connectivity index (χ4n) is 5.48. The number of fused-ring (bicyclic) bond motifs is 1. The summed E-state index contributed by atoms with van der Waals surface area (Å²) in [6, 6.07) is 12.3. The SMILES string of the molecule is COc1ccc2nccc([C@@H](F)CC[C@@H]3CCN(CCCCc4ccc(C(F)(F)F)cc4)C[C@@H]3C(=O)O)c2c1. The number of aromatic nitrogens is 1. The van der Waals surface area contributed by atoms with E-state index in [4.69, 9.17) is 4.74 Å². The van der Waals surface area contributed by atoms with E-state index in [0.29, 0.717) is 48.0 Å². The van der Waals surface area contributed by atoms with Gasteiger partial charge in [-0.15, -0.1) is 0 Å². The molecule has 1 aliphatic rings. The van der Waals surface area contributed by atoms with Crippen molar-refractivity contribution in [1.82, 2.24) is 9.88 Å². The number of carboxylic acids is 1. The minimum atomic E-state index is -4.34. The number of carboxylic acid groups (broad SMARTS) is 1. The third kappa shape index (κ3) is 7.47. The smallest absolute Gasteiger partial charge is 0.416 e. The average molecular weight is 547 g/mol. The van der Waals surface area contributed by atoms with Gasteiger partial charge in [0.05, 0.1) is 24.1 Å². The molecule has 3 aromatic rings. The Kier molecular flexibility index (Phi) is 9.43. The number of benzene rings is 2. The maximum Gasteiger partial charge on any atom is 0.416 e. The number of carbonyl (C=O) groups is 1. The van der Waals surface area contributed by atoms with Gasteiger partial charge in [-0.25, -0.2) is 4.39 Å². The van der Waals surface area contributed by atoms with Gasteiger partial charge in [0.1, 0.15) is 11.9 Å². The van der Waals surface area contributed by atoms with Gasteiger partial charge in [0.25, 0.3) is 0 Å². The number of aliphatic carboxylic acids is 1. The molecule has 0 radical (unpaired) electrons. The van der Waals surface area contributed by atoms with Crippen LogP contribution in [0.15, 0.2) is 54.7 Å². The Morgan fingerprint density at radius 1 is 1.15 bits per heavy atom. The van der Waals surface area contributed by atoms with Crippen molar-refractivity contribution in [3.63, 3.8) is 0 Å². The molecule has 0 bridgehead atoms. The normalized spacial score (nSPS) is 19.2. The highest BCUT2D eigenvalue weighted by Crippen LogP contribution is 2.35. The van der Waals surface area contributed by atoms with Crippen molar-refractivity contribution in [1.29, 1.82) is 0 Å². The highest BCUT2D eigenvalue weighted by Gasteiger charge is 2.34. The summed E-state index contributed by atoms with van der Waals surface area (Å²) in [5.41, 5.74) is 1.43. The number of likely N-dealkylation sites (tertiary alicyclic amines) is 1. The van der Waals surface area contributed by atoms with Gasteiger partial charge >= 0.3 is 12.1 Å². The van der Waals surface area contributed by atoms with Crippen molar-refractivity contribution in [2.75, 3.05) is 26.7 Å². The number of alkyl halides is 4. The van der Waals surface area contributed by atoms with E-state index in [1.807, 2.05) is 0 Å². The number of pyridine rings is 1. The molecule has 1 aliphatic heterocycles. The van der Waals surface area contributed by atoms with Crippen LogP contribution < -0.4 is 4.74 Å². The predicted molar refractivity (Wildman–Crippen MR) is 141 cm³/mol. The van der Waals surface area contributed by atoms with Crippen LogP contribution in [0.2, 0.25) is 0 Å². The molecular weight excluding hydrogens is 512 g/mol. The van der Waals surface area contributed by atoms with Gasteiger partial charge in [0.15, 0.2) is 0 Å². The number of unbranched alkanes of at least 4 members (excludes halogenated alkanes) is 1. The number of rotatable bonds is 11. The predicted octanol–water partition coefficient (Wildman–Crippen LogP) is 7.10. The highest BCUT2D eigenvalue weighted by atomic mass is 19.4. The lowest BCUT2D eigenvalue weighted by atomic mass is 9.81. The zero-order chi connectivity index (χ0) is 28.0. The van der Waals surface area contributed by atoms with Crippen LogP contribution in [0.5, 0.6) is 5.75 Å². The Labute approximate surface area is 225 Å². The standard InChI is InChI=1S/C30H34F4N2O3/c1-39-23-10-12-28-25(18-23)24(13-15-35-28)27(31)11-7-21-14-17-36(19-26(21)29(37)38)16-3-2-4-20-5-8-22(9-6-20)30(32,33)34/h5-6,8-10,12-13,15,18,21,26-27H,2-4,7,11,14,16-17,19H2,1H3,(H,37,38)/t21-,26+,27+/m1/s1. The van der Waals surface area contributed by atoms with Gasteiger partial charge in [-0.2, -0.15) is 13.2 Å². The molecule has 1 aromatic heterocycles. The van der Waals surface area contributed by atoms with E-state index in [-0.39, 0.29) is 12.3 Å². The summed E-state index contributed by atoms with van der Waals surface area (Å²) < 4.78 is 58.9. The topological polar surface area (TPSA) is 62.7 Å². The van der Waals surface area contributed by atoms with E-state index in [2.05, 4.69) is 9.88 Å². The molecule has 4 rings (SSSR count). The maximum atomic E-state index is 15.4. The number of hydrogen-bond acceptors (Lipinski definition) is 4. The van der Waals surface area contributed by atoms with E-state index in [9.17, 15) is 23.1 Å². The minimum absolute atomic E-state index is 0.105. The molecule has 1 N–H and O–H groups in total. The van der Waals surface area contributed by atoms with E-state index in [1.54, 1.807) is 37.6 Å². The molecule has 1 saturated heterocycles. The van der Waals surface area contributed by atoms with Crippen LogP contribution in [0.4, 0.5) is 17.6 Å². The Morgan fingerprint density at radius 2 is 1.92 bits per heavy atom. The van der Waals surface area contributed by atoms with Crippen LogP contribution in [0, 0.1) is 11.8 Å². The Morgan fingerprint density at radius 3 is 2.62 bits per heavy atom. The van der Waals surface area contributed by atoms with Crippen LogP contribution in [-0.2, 0) is 17.4 Å². The number of hydrogen-bond donors (Lipinski definition) is 1. The summed E-state index contributed by atoms with van der Waals surface area (Å²) in [5, 5.41) is 10.6. The molecule has 9 heteroatoms. The Bertz CT molecular complexity index is 1250. The van der Waals surface area contributed by atoms with Crippen molar-refractivity contribution in [3.05, 3.63) is 71.4 Å². The number of halogens is 4. The van der Waals surface area contributed by atoms with Crippen molar-refractivity contribution in [2.24, 2.45) is 11.8 Å². The number of piperidine rings is 1. The van der Waals surface area contributed by atoms with Crippen molar-refractivity contribution in [3.8, 4) is 5.75 Å². The third-order valence-electron chi connectivity index (χ3n) is 7.74. The van der Waals surface area contributed by atoms with E-state index >= 15 is 4.39 Å². The average Bonchev–Trinajstić information content (AvgIpc) is 2.93. The molecule has 210 valence electrons. The quantitative estimate of drug-likeness (QED) is 0.205. The van der Waals surface area contributed by atoms with E-state index in [1.165, 1.54) is 12.1 Å². The number of nitrogens with zero attached hydrogens (tertiary/aromatic N) is 2. The summed E-state index contributed by atoms with van der Waals surface area (Å²) in [6.45, 7) is 1.90. The molecule has 0 aliphatic carbocycles. The van der Waals surface area contributed by atoms with E-state index < -0.39 is 29.8 Å². The second kappa shape index (κ2) is 12.8. The van der Waals surface area contributed by atoms with Crippen molar-refractivity contribution >= 4 is 16.9 Å². The zero-order valence-electron chi connectivity index (χ0n) is 22.0. The lowest BCUT2D eigenvalue weighted by Crippen LogP contribution is -2.44. The lowest BCUT2D eigenvalue weighted by molar-refractivity contribution is -0.146. The molecule has 0 saturated carbocycles. The van der Waals surface area contributed by atoms with Crippen molar-refractivity contribution in [2.45, 2.75) is 50.9 Å². The number of aryl methyl sites for hydroxylation is 1. The first-order chi connectivity index (χ1) is 18.7. The highest BCUT2D eigenvalue weighted by molar-refractivity contribution is 5.83. The Hall–Kier alpha value is -3.20. The fourth-order valence-corrected chi connectivity index (χ4v) is 5.48. The van der Waals surface area contributed by atoms with E-state index in [0.717, 1.165) is 43.6 Å². The van der Waals surface area contributed by atoms with Crippen LogP contribution in [-0.4, -0.2) is 47.7 Å². The van der Waals surface area contributed by atoms with Gasteiger partial charge in [-0.05, 0) is 105 Å². The Balaban J connectivity index is 1.26. The molecule has 1 fully saturated rings. The maximum absolute atomic E-state index is 15.4. The summed E-state index contributed by atoms with van der Waals surface area (Å²) in [6.07, 6.45) is -0.283. The molecule has 39 heavy (non-hydrogen) atoms. The summed E-state index contributed by atoms with van der Waals surface area (Å²) in [4.78, 5) is 18.5. The van der Waals surface area contributed by atoms with Gasteiger partial charge in [0, 0.05) is 18.1 Å². The first kappa shape index (κ1) is 28.8. The number of ether oxygens (including phenoxy) is 1. The first-order valence-corrected chi connectivity index (χ1v) is 13.3. The fraction of sp³-hybridized carbons (Fsp3) is 0.467. The van der Waals surface area contributed by atoms with Gasteiger partial charge < -0.3 is 14.7 Å². The molecular formula is C30H34F4N2O3. The minimum Gasteiger partial charge on any atom is -0.497 e. The molecule has 0 amide bonds. The summed E-state index contributed by atoms with van der Waals surface area (Å²) in [5.74, 6) is -0.896. The first-order valence-electron chi connectivity index (χ1n) is 13.3. The third-order valence-corrected chi connectivity index (χ3v) is 7.74. The molecule has 0 spiro atoms. The molecule has 3 atom stereocenters. The van der Waals surface area contributed by atoms with Crippen molar-refractivity contribution < 1.29 is 32.2 Å². The van der Waals surface area contributed by atoms with Gasteiger partial charge in [-0.1, -0.05) is 12.1 Å². The lowest BCUT2D eigenvalue weighted by Gasteiger charge is -2.37. The molecule has 5 nitrogen and oxygen atoms in total. The monoisotopic (exact) mass is 546 g/mol. The van der Waals surface area contributed by atoms with Crippen LogP contribution in [0.1, 0.15) is 55.0 Å². The molecule has 2 heterocycles. The second-order valence-electron chi connectivity index (χ2n) is 10.3.